The van der Waals surface area contributed by atoms with Gasteiger partial charge in [0.1, 0.15) is 0 Å². The van der Waals surface area contributed by atoms with E-state index in [1.165, 1.54) is 17.1 Å². The number of hydrogen-bond acceptors (Lipinski definition) is 4. The summed E-state index contributed by atoms with van der Waals surface area (Å²) in [7, 11) is 2.25. The van der Waals surface area contributed by atoms with Gasteiger partial charge in [0.2, 0.25) is 0 Å². The molecule has 1 unspecified atom stereocenters. The molecule has 1 aliphatic carbocycles. The molecular weight excluding hydrogens is 276 g/mol. The van der Waals surface area contributed by atoms with Crippen molar-refractivity contribution < 1.29 is 8.42 Å². The Balaban J connectivity index is 2.22. The Hall–Kier alpha value is -0.210. The fraction of sp³-hybridized carbons (Fsp3) is 1.00. The van der Waals surface area contributed by atoms with Crippen LogP contribution in [0.15, 0.2) is 0 Å². The molecule has 0 aromatic rings. The Morgan fingerprint density at radius 1 is 1.20 bits per heavy atom. The second kappa shape index (κ2) is 8.29. The van der Waals surface area contributed by atoms with Crippen LogP contribution in [-0.4, -0.2) is 70.5 Å². The third-order valence-corrected chi connectivity index (χ3v) is 5.13. The molecule has 1 saturated carbocycles. The molecule has 0 spiro atoms. The van der Waals surface area contributed by atoms with Crippen LogP contribution in [0.5, 0.6) is 0 Å². The molecule has 0 aromatic heterocycles. The molecule has 0 heterocycles. The quantitative estimate of drug-likeness (QED) is 0.537. The standard InChI is InChI=1S/C13H30N4O2S/c1-12(8-11-16(2)3)15-20(18,19)17(4)10-5-9-14-13-6-7-13/h12-15H,5-11H2,1-4H3. The van der Waals surface area contributed by atoms with E-state index in [-0.39, 0.29) is 6.04 Å². The molecule has 7 heteroatoms. The fourth-order valence-corrected chi connectivity index (χ4v) is 3.05. The van der Waals surface area contributed by atoms with Gasteiger partial charge in [0.05, 0.1) is 0 Å². The van der Waals surface area contributed by atoms with E-state index in [1.54, 1.807) is 7.05 Å². The average Bonchev–Trinajstić information content (AvgIpc) is 3.15. The van der Waals surface area contributed by atoms with E-state index >= 15 is 0 Å². The van der Waals surface area contributed by atoms with Crippen LogP contribution in [-0.2, 0) is 10.2 Å². The van der Waals surface area contributed by atoms with Gasteiger partial charge in [0.15, 0.2) is 0 Å². The van der Waals surface area contributed by atoms with Crippen molar-refractivity contribution in [2.24, 2.45) is 0 Å². The van der Waals surface area contributed by atoms with Gasteiger partial charge in [-0.1, -0.05) is 0 Å². The second-order valence-corrected chi connectivity index (χ2v) is 7.83. The van der Waals surface area contributed by atoms with E-state index in [2.05, 4.69) is 14.9 Å². The summed E-state index contributed by atoms with van der Waals surface area (Å²) >= 11 is 0. The SMILES string of the molecule is CC(CCN(C)C)NS(=O)(=O)N(C)CCCNC1CC1. The summed E-state index contributed by atoms with van der Waals surface area (Å²) in [6, 6.07) is 0.635. The van der Waals surface area contributed by atoms with Crippen molar-refractivity contribution in [2.75, 3.05) is 40.8 Å². The minimum atomic E-state index is -3.36. The van der Waals surface area contributed by atoms with Crippen LogP contribution in [0.3, 0.4) is 0 Å². The zero-order valence-electron chi connectivity index (χ0n) is 13.2. The molecule has 0 saturated heterocycles. The molecule has 1 atom stereocenters. The maximum absolute atomic E-state index is 12.1. The average molecular weight is 306 g/mol. The van der Waals surface area contributed by atoms with Gasteiger partial charge < -0.3 is 10.2 Å². The number of nitrogens with zero attached hydrogens (tertiary/aromatic N) is 2. The maximum atomic E-state index is 12.1. The highest BCUT2D eigenvalue weighted by Gasteiger charge is 2.21. The number of rotatable bonds is 11. The second-order valence-electron chi connectivity index (χ2n) is 6.02. The van der Waals surface area contributed by atoms with Crippen LogP contribution in [0.2, 0.25) is 0 Å². The van der Waals surface area contributed by atoms with Gasteiger partial charge in [-0.2, -0.15) is 17.4 Å². The van der Waals surface area contributed by atoms with Crippen molar-refractivity contribution in [3.8, 4) is 0 Å². The summed E-state index contributed by atoms with van der Waals surface area (Å²) < 4.78 is 28.3. The van der Waals surface area contributed by atoms with Crippen LogP contribution >= 0.6 is 0 Å². The first kappa shape index (κ1) is 17.8. The van der Waals surface area contributed by atoms with E-state index in [1.807, 2.05) is 21.0 Å². The lowest BCUT2D eigenvalue weighted by molar-refractivity contribution is 0.373. The third kappa shape index (κ3) is 7.54. The predicted octanol–water partition coefficient (Wildman–Crippen LogP) is 0.235. The molecule has 1 rings (SSSR count). The largest absolute Gasteiger partial charge is 0.314 e. The van der Waals surface area contributed by atoms with Crippen molar-refractivity contribution >= 4 is 10.2 Å². The minimum Gasteiger partial charge on any atom is -0.314 e. The van der Waals surface area contributed by atoms with Crippen LogP contribution in [0.1, 0.15) is 32.6 Å². The monoisotopic (exact) mass is 306 g/mol. The first-order chi connectivity index (χ1) is 9.31. The molecule has 6 nitrogen and oxygen atoms in total. The molecule has 0 aromatic carbocycles. The number of hydrogen-bond donors (Lipinski definition) is 2. The van der Waals surface area contributed by atoms with Crippen LogP contribution in [0, 0.1) is 0 Å². The Morgan fingerprint density at radius 3 is 2.40 bits per heavy atom. The highest BCUT2D eigenvalue weighted by Crippen LogP contribution is 2.18. The first-order valence-corrected chi connectivity index (χ1v) is 8.87. The van der Waals surface area contributed by atoms with Crippen LogP contribution in [0.4, 0.5) is 0 Å². The lowest BCUT2D eigenvalue weighted by atomic mass is 10.2. The molecule has 0 bridgehead atoms. The Kier molecular flexibility index (Phi) is 7.39. The van der Waals surface area contributed by atoms with Gasteiger partial charge in [-0.15, -0.1) is 0 Å². The van der Waals surface area contributed by atoms with E-state index in [0.717, 1.165) is 25.9 Å². The Bertz CT molecular complexity index is 369. The number of nitrogens with one attached hydrogen (secondary N) is 2. The third-order valence-electron chi connectivity index (χ3n) is 3.43. The normalized spacial score (nSPS) is 17.9. The van der Waals surface area contributed by atoms with Crippen LogP contribution < -0.4 is 10.0 Å². The molecule has 20 heavy (non-hydrogen) atoms. The highest BCUT2D eigenvalue weighted by molar-refractivity contribution is 7.87. The molecule has 0 aliphatic heterocycles. The Morgan fingerprint density at radius 2 is 1.85 bits per heavy atom. The zero-order valence-corrected chi connectivity index (χ0v) is 14.0. The molecule has 2 N–H and O–H groups in total. The molecule has 120 valence electrons. The van der Waals surface area contributed by atoms with Gasteiger partial charge >= 0.3 is 0 Å². The van der Waals surface area contributed by atoms with Gasteiger partial charge in [0.25, 0.3) is 10.2 Å². The first-order valence-electron chi connectivity index (χ1n) is 7.43. The maximum Gasteiger partial charge on any atom is 0.279 e. The Labute approximate surface area is 124 Å². The molecule has 0 amide bonds. The van der Waals surface area contributed by atoms with Crippen molar-refractivity contribution in [2.45, 2.75) is 44.7 Å². The summed E-state index contributed by atoms with van der Waals surface area (Å²) in [5, 5.41) is 3.39. The molecular formula is C13H30N4O2S. The summed E-state index contributed by atoms with van der Waals surface area (Å²) in [6.07, 6.45) is 4.18. The van der Waals surface area contributed by atoms with Crippen molar-refractivity contribution in [1.29, 1.82) is 0 Å². The van der Waals surface area contributed by atoms with E-state index in [4.69, 9.17) is 0 Å². The van der Waals surface area contributed by atoms with E-state index in [9.17, 15) is 8.42 Å². The molecule has 0 radical (unpaired) electrons. The summed E-state index contributed by atoms with van der Waals surface area (Å²) in [5.41, 5.74) is 0. The predicted molar refractivity (Wildman–Crippen MR) is 83.0 cm³/mol. The van der Waals surface area contributed by atoms with Crippen molar-refractivity contribution in [1.82, 2.24) is 19.2 Å². The molecule has 1 aliphatic rings. The smallest absolute Gasteiger partial charge is 0.279 e. The van der Waals surface area contributed by atoms with Gasteiger partial charge in [-0.3, -0.25) is 0 Å². The van der Waals surface area contributed by atoms with Gasteiger partial charge in [-0.25, -0.2) is 0 Å². The zero-order chi connectivity index (χ0) is 15.2. The van der Waals surface area contributed by atoms with Gasteiger partial charge in [-0.05, 0) is 59.8 Å². The lowest BCUT2D eigenvalue weighted by Crippen LogP contribution is -2.44. The van der Waals surface area contributed by atoms with Crippen LogP contribution in [0.25, 0.3) is 0 Å². The summed E-state index contributed by atoms with van der Waals surface area (Å²) in [4.78, 5) is 2.05. The minimum absolute atomic E-state index is 0.0468. The topological polar surface area (TPSA) is 64.7 Å². The lowest BCUT2D eigenvalue weighted by Gasteiger charge is -2.22. The van der Waals surface area contributed by atoms with Crippen molar-refractivity contribution in [3.05, 3.63) is 0 Å². The van der Waals surface area contributed by atoms with Crippen molar-refractivity contribution in [3.63, 3.8) is 0 Å². The molecule has 1 fully saturated rings. The van der Waals surface area contributed by atoms with E-state index < -0.39 is 10.2 Å². The summed E-state index contributed by atoms with van der Waals surface area (Å²) in [6.45, 7) is 4.22. The fourth-order valence-electron chi connectivity index (χ4n) is 1.87. The van der Waals surface area contributed by atoms with E-state index in [0.29, 0.717) is 12.6 Å². The highest BCUT2D eigenvalue weighted by atomic mass is 32.2. The summed E-state index contributed by atoms with van der Waals surface area (Å²) in [5.74, 6) is 0. The van der Waals surface area contributed by atoms with Gasteiger partial charge in [0, 0.05) is 25.7 Å².